The highest BCUT2D eigenvalue weighted by Gasteiger charge is 2.44. The van der Waals surface area contributed by atoms with Crippen molar-refractivity contribution in [1.29, 1.82) is 0 Å². The van der Waals surface area contributed by atoms with Crippen molar-refractivity contribution >= 4 is 5.97 Å². The molecule has 1 aromatic rings. The van der Waals surface area contributed by atoms with Crippen LogP contribution in [0.4, 0.5) is 0 Å². The fourth-order valence-electron chi connectivity index (χ4n) is 2.91. The molecule has 2 rings (SSSR count). The number of esters is 1. The van der Waals surface area contributed by atoms with Gasteiger partial charge in [0.2, 0.25) is 0 Å². The summed E-state index contributed by atoms with van der Waals surface area (Å²) in [6.07, 6.45) is 2.93. The first-order valence-corrected chi connectivity index (χ1v) is 7.63. The summed E-state index contributed by atoms with van der Waals surface area (Å²) in [4.78, 5) is 11.8. The second kappa shape index (κ2) is 6.48. The molecule has 0 saturated heterocycles. The zero-order chi connectivity index (χ0) is 15.5. The van der Waals surface area contributed by atoms with E-state index in [1.54, 1.807) is 0 Å². The van der Waals surface area contributed by atoms with Crippen LogP contribution < -0.4 is 10.5 Å². The van der Waals surface area contributed by atoms with Crippen LogP contribution in [0.3, 0.4) is 0 Å². The summed E-state index contributed by atoms with van der Waals surface area (Å²) >= 11 is 0. The highest BCUT2D eigenvalue weighted by atomic mass is 16.5. The third-order valence-electron chi connectivity index (χ3n) is 4.45. The molecule has 0 spiro atoms. The second-order valence-electron chi connectivity index (χ2n) is 5.98. The number of carbonyl (C=O) groups excluding carboxylic acids is 1. The van der Waals surface area contributed by atoms with E-state index in [1.165, 1.54) is 12.7 Å². The van der Waals surface area contributed by atoms with Gasteiger partial charge in [-0.2, -0.15) is 0 Å². The maximum absolute atomic E-state index is 11.8. The number of hydrogen-bond donors (Lipinski definition) is 1. The number of nitrogens with two attached hydrogens (primary N) is 1. The summed E-state index contributed by atoms with van der Waals surface area (Å²) in [5, 5.41) is 0. The Bertz CT molecular complexity index is 503. The van der Waals surface area contributed by atoms with Crippen LogP contribution in [0.5, 0.6) is 5.75 Å². The third kappa shape index (κ3) is 3.38. The van der Waals surface area contributed by atoms with Crippen molar-refractivity contribution in [2.24, 2.45) is 5.73 Å². The van der Waals surface area contributed by atoms with E-state index in [9.17, 15) is 4.79 Å². The van der Waals surface area contributed by atoms with Crippen LogP contribution in [-0.2, 0) is 9.53 Å². The van der Waals surface area contributed by atoms with E-state index in [4.69, 9.17) is 15.2 Å². The highest BCUT2D eigenvalue weighted by molar-refractivity contribution is 5.80. The zero-order valence-corrected chi connectivity index (χ0v) is 13.1. The molecule has 0 aromatic heterocycles. The molecule has 3 atom stereocenters. The molecule has 0 aliphatic heterocycles. The average molecular weight is 291 g/mol. The molecule has 1 aliphatic rings. The summed E-state index contributed by atoms with van der Waals surface area (Å²) in [6.45, 7) is 4.36. The van der Waals surface area contributed by atoms with Gasteiger partial charge < -0.3 is 15.2 Å². The van der Waals surface area contributed by atoms with Crippen molar-refractivity contribution < 1.29 is 14.3 Å². The molecule has 1 fully saturated rings. The van der Waals surface area contributed by atoms with E-state index in [0.29, 0.717) is 18.8 Å². The standard InChI is InChI=1S/C17H25NO3/c1-4-12(2)14-7-5-6-8-15(14)21-13-9-10-17(18,11-13)16(19)20-3/h5-8,12-13H,4,9-11,18H2,1-3H3. The molecule has 2 N–H and O–H groups in total. The molecule has 0 amide bonds. The van der Waals surface area contributed by atoms with Gasteiger partial charge in [-0.1, -0.05) is 32.0 Å². The van der Waals surface area contributed by atoms with Gasteiger partial charge in [0.25, 0.3) is 0 Å². The van der Waals surface area contributed by atoms with E-state index < -0.39 is 5.54 Å². The van der Waals surface area contributed by atoms with Crippen LogP contribution >= 0.6 is 0 Å². The molecule has 116 valence electrons. The number of benzene rings is 1. The minimum Gasteiger partial charge on any atom is -0.490 e. The minimum atomic E-state index is -0.898. The van der Waals surface area contributed by atoms with Crippen LogP contribution in [0.1, 0.15) is 51.0 Å². The first-order chi connectivity index (χ1) is 10.00. The van der Waals surface area contributed by atoms with Crippen LogP contribution in [0.15, 0.2) is 24.3 Å². The number of para-hydroxylation sites is 1. The number of carbonyl (C=O) groups is 1. The second-order valence-corrected chi connectivity index (χ2v) is 5.98. The lowest BCUT2D eigenvalue weighted by Gasteiger charge is -2.22. The van der Waals surface area contributed by atoms with Crippen molar-refractivity contribution in [2.45, 2.75) is 57.1 Å². The molecule has 0 bridgehead atoms. The van der Waals surface area contributed by atoms with Crippen LogP contribution in [-0.4, -0.2) is 24.7 Å². The average Bonchev–Trinajstić information content (AvgIpc) is 2.88. The predicted octanol–water partition coefficient (Wildman–Crippen LogP) is 3.00. The Hall–Kier alpha value is -1.55. The van der Waals surface area contributed by atoms with Gasteiger partial charge in [0, 0.05) is 6.42 Å². The Kier molecular flexibility index (Phi) is 4.88. The first kappa shape index (κ1) is 15.8. The van der Waals surface area contributed by atoms with Crippen molar-refractivity contribution in [3.05, 3.63) is 29.8 Å². The fraction of sp³-hybridized carbons (Fsp3) is 0.588. The predicted molar refractivity (Wildman–Crippen MR) is 82.3 cm³/mol. The third-order valence-corrected chi connectivity index (χ3v) is 4.45. The van der Waals surface area contributed by atoms with E-state index in [1.807, 2.05) is 18.2 Å². The Balaban J connectivity index is 2.09. The molecule has 0 radical (unpaired) electrons. The lowest BCUT2D eigenvalue weighted by Crippen LogP contribution is -2.47. The van der Waals surface area contributed by atoms with Gasteiger partial charge >= 0.3 is 5.97 Å². The van der Waals surface area contributed by atoms with Crippen molar-refractivity contribution in [2.75, 3.05) is 7.11 Å². The summed E-state index contributed by atoms with van der Waals surface area (Å²) in [7, 11) is 1.38. The highest BCUT2D eigenvalue weighted by Crippen LogP contribution is 2.35. The van der Waals surface area contributed by atoms with Crippen molar-refractivity contribution in [3.8, 4) is 5.75 Å². The van der Waals surface area contributed by atoms with Gasteiger partial charge in [0.15, 0.2) is 0 Å². The molecule has 1 saturated carbocycles. The topological polar surface area (TPSA) is 61.5 Å². The fourth-order valence-corrected chi connectivity index (χ4v) is 2.91. The Morgan fingerprint density at radius 1 is 1.48 bits per heavy atom. The SMILES string of the molecule is CCC(C)c1ccccc1OC1CCC(N)(C(=O)OC)C1. The molecular formula is C17H25NO3. The number of rotatable bonds is 5. The quantitative estimate of drug-likeness (QED) is 0.847. The largest absolute Gasteiger partial charge is 0.490 e. The molecule has 4 heteroatoms. The summed E-state index contributed by atoms with van der Waals surface area (Å²) in [5.74, 6) is 1.01. The van der Waals surface area contributed by atoms with Gasteiger partial charge in [-0.05, 0) is 36.8 Å². The maximum Gasteiger partial charge on any atom is 0.325 e. The Morgan fingerprint density at radius 2 is 2.19 bits per heavy atom. The van der Waals surface area contributed by atoms with E-state index >= 15 is 0 Å². The maximum atomic E-state index is 11.8. The van der Waals surface area contributed by atoms with Crippen LogP contribution in [0.25, 0.3) is 0 Å². The lowest BCUT2D eigenvalue weighted by atomic mass is 9.97. The number of hydrogen-bond acceptors (Lipinski definition) is 4. The summed E-state index contributed by atoms with van der Waals surface area (Å²) < 4.78 is 10.9. The van der Waals surface area contributed by atoms with E-state index in [-0.39, 0.29) is 12.1 Å². The molecule has 0 heterocycles. The Morgan fingerprint density at radius 3 is 2.86 bits per heavy atom. The van der Waals surface area contributed by atoms with Crippen molar-refractivity contribution in [1.82, 2.24) is 0 Å². The monoisotopic (exact) mass is 291 g/mol. The molecule has 21 heavy (non-hydrogen) atoms. The Labute approximate surface area is 126 Å². The molecule has 4 nitrogen and oxygen atoms in total. The number of ether oxygens (including phenoxy) is 2. The van der Waals surface area contributed by atoms with Gasteiger partial charge in [-0.15, -0.1) is 0 Å². The molecule has 1 aliphatic carbocycles. The normalized spacial score (nSPS) is 26.4. The first-order valence-electron chi connectivity index (χ1n) is 7.63. The smallest absolute Gasteiger partial charge is 0.325 e. The summed E-state index contributed by atoms with van der Waals surface area (Å²) in [6, 6.07) is 8.11. The van der Waals surface area contributed by atoms with Crippen LogP contribution in [0, 0.1) is 0 Å². The molecule has 3 unspecified atom stereocenters. The van der Waals surface area contributed by atoms with Gasteiger partial charge in [-0.25, -0.2) is 0 Å². The van der Waals surface area contributed by atoms with E-state index in [2.05, 4.69) is 19.9 Å². The zero-order valence-electron chi connectivity index (χ0n) is 13.1. The number of methoxy groups -OCH3 is 1. The minimum absolute atomic E-state index is 0.0284. The summed E-state index contributed by atoms with van der Waals surface area (Å²) in [5.41, 5.74) is 6.44. The lowest BCUT2D eigenvalue weighted by molar-refractivity contribution is -0.147. The van der Waals surface area contributed by atoms with Gasteiger partial charge in [-0.3, -0.25) is 4.79 Å². The van der Waals surface area contributed by atoms with Gasteiger partial charge in [0.05, 0.1) is 7.11 Å². The van der Waals surface area contributed by atoms with Gasteiger partial charge in [0.1, 0.15) is 17.4 Å². The van der Waals surface area contributed by atoms with Crippen molar-refractivity contribution in [3.63, 3.8) is 0 Å². The van der Waals surface area contributed by atoms with Crippen LogP contribution in [0.2, 0.25) is 0 Å². The molecule has 1 aromatic carbocycles. The molecular weight excluding hydrogens is 266 g/mol. The van der Waals surface area contributed by atoms with E-state index in [0.717, 1.165) is 18.6 Å².